The lowest BCUT2D eigenvalue weighted by Gasteiger charge is -2.27. The fourth-order valence-corrected chi connectivity index (χ4v) is 1.58. The molecular weight excluding hydrogens is 317 g/mol. The molecule has 1 atom stereocenters. The van der Waals surface area contributed by atoms with E-state index in [1.807, 2.05) is 0 Å². The number of hydrogen-bond donors (Lipinski definition) is 5. The molecule has 0 saturated heterocycles. The third-order valence-electron chi connectivity index (χ3n) is 2.89. The van der Waals surface area contributed by atoms with Gasteiger partial charge in [-0.05, 0) is 31.2 Å². The van der Waals surface area contributed by atoms with Gasteiger partial charge in [0.15, 0.2) is 5.60 Å². The van der Waals surface area contributed by atoms with Crippen LogP contribution in [-0.2, 0) is 5.60 Å². The molecule has 0 saturated carbocycles. The molecule has 0 radical (unpaired) electrons. The van der Waals surface area contributed by atoms with Gasteiger partial charge in [0.25, 0.3) is 0 Å². The van der Waals surface area contributed by atoms with E-state index < -0.39 is 23.1 Å². The van der Waals surface area contributed by atoms with Crippen LogP contribution >= 0.6 is 0 Å². The predicted octanol–water partition coefficient (Wildman–Crippen LogP) is 2.97. The molecule has 0 amide bonds. The maximum absolute atomic E-state index is 12.4. The van der Waals surface area contributed by atoms with Crippen LogP contribution in [-0.4, -0.2) is 31.7 Å². The Morgan fingerprint density at radius 2 is 1.26 bits per heavy atom. The van der Waals surface area contributed by atoms with Crippen molar-refractivity contribution >= 4 is 0 Å². The molecule has 23 heavy (non-hydrogen) atoms. The van der Waals surface area contributed by atoms with Crippen molar-refractivity contribution < 1.29 is 38.7 Å². The molecule has 0 aromatic heterocycles. The summed E-state index contributed by atoms with van der Waals surface area (Å²) in [6.07, 6.45) is -4.90. The maximum atomic E-state index is 12.4. The molecule has 2 aromatic carbocycles. The number of aliphatic hydroxyl groups is 1. The van der Waals surface area contributed by atoms with Gasteiger partial charge in [0.2, 0.25) is 0 Å². The van der Waals surface area contributed by atoms with E-state index in [1.165, 1.54) is 18.2 Å². The second-order valence-electron chi connectivity index (χ2n) is 4.79. The van der Waals surface area contributed by atoms with Gasteiger partial charge >= 0.3 is 6.18 Å². The van der Waals surface area contributed by atoms with Crippen molar-refractivity contribution in [3.05, 3.63) is 48.0 Å². The fraction of sp³-hybridized carbons (Fsp3) is 0.200. The molecule has 1 unspecified atom stereocenters. The third kappa shape index (κ3) is 4.68. The number of phenolic OH excluding ortho intramolecular Hbond substituents is 4. The molecule has 0 bridgehead atoms. The van der Waals surface area contributed by atoms with Crippen molar-refractivity contribution in [2.24, 2.45) is 0 Å². The van der Waals surface area contributed by atoms with Gasteiger partial charge < -0.3 is 25.5 Å². The standard InChI is InChI=1S/C9H9F3O3.C6H6O2/c1-8(15,9(10,11)12)6-3-2-5(13)4-7(6)14;7-5-2-1-3-6(8)4-5/h2-4,13-15H,1H3;1-4,7-8H. The topological polar surface area (TPSA) is 101 Å². The van der Waals surface area contributed by atoms with E-state index in [1.54, 1.807) is 6.07 Å². The van der Waals surface area contributed by atoms with Crippen molar-refractivity contribution in [2.45, 2.75) is 18.7 Å². The van der Waals surface area contributed by atoms with Gasteiger partial charge in [0.05, 0.1) is 0 Å². The van der Waals surface area contributed by atoms with Crippen LogP contribution in [0.4, 0.5) is 13.2 Å². The highest BCUT2D eigenvalue weighted by atomic mass is 19.4. The van der Waals surface area contributed by atoms with Crippen LogP contribution in [0, 0.1) is 0 Å². The zero-order valence-corrected chi connectivity index (χ0v) is 11.9. The summed E-state index contributed by atoms with van der Waals surface area (Å²) in [5, 5.41) is 44.6. The van der Waals surface area contributed by atoms with Crippen molar-refractivity contribution in [1.82, 2.24) is 0 Å². The number of benzene rings is 2. The van der Waals surface area contributed by atoms with E-state index in [2.05, 4.69) is 0 Å². The lowest BCUT2D eigenvalue weighted by Crippen LogP contribution is -2.39. The molecule has 0 spiro atoms. The summed E-state index contributed by atoms with van der Waals surface area (Å²) in [7, 11) is 0. The number of aromatic hydroxyl groups is 4. The molecule has 0 fully saturated rings. The summed E-state index contributed by atoms with van der Waals surface area (Å²) in [6.45, 7) is 0.527. The molecule has 8 heteroatoms. The average molecular weight is 332 g/mol. The Hall–Kier alpha value is -2.61. The summed E-state index contributed by atoms with van der Waals surface area (Å²) in [5.74, 6) is -1.01. The van der Waals surface area contributed by atoms with Gasteiger partial charge in [-0.2, -0.15) is 13.2 Å². The zero-order chi connectivity index (χ0) is 17.8. The van der Waals surface area contributed by atoms with Gasteiger partial charge in [-0.25, -0.2) is 0 Å². The quantitative estimate of drug-likeness (QED) is 0.553. The van der Waals surface area contributed by atoms with Gasteiger partial charge in [-0.15, -0.1) is 0 Å². The zero-order valence-electron chi connectivity index (χ0n) is 11.9. The normalized spacial score (nSPS) is 13.6. The molecule has 0 heterocycles. The fourth-order valence-electron chi connectivity index (χ4n) is 1.58. The Kier molecular flexibility index (Phi) is 5.34. The van der Waals surface area contributed by atoms with Crippen LogP contribution in [0.25, 0.3) is 0 Å². The van der Waals surface area contributed by atoms with Crippen LogP contribution in [0.3, 0.4) is 0 Å². The van der Waals surface area contributed by atoms with E-state index in [0.717, 1.165) is 18.2 Å². The molecule has 0 aliphatic rings. The van der Waals surface area contributed by atoms with Crippen molar-refractivity contribution in [3.8, 4) is 23.0 Å². The molecule has 2 rings (SSSR count). The van der Waals surface area contributed by atoms with Gasteiger partial charge in [-0.1, -0.05) is 6.07 Å². The molecule has 0 aliphatic carbocycles. The van der Waals surface area contributed by atoms with Crippen LogP contribution in [0.2, 0.25) is 0 Å². The Morgan fingerprint density at radius 1 is 0.783 bits per heavy atom. The van der Waals surface area contributed by atoms with Crippen LogP contribution in [0.1, 0.15) is 12.5 Å². The Labute approximate surface area is 129 Å². The molecule has 2 aromatic rings. The molecule has 5 nitrogen and oxygen atoms in total. The lowest BCUT2D eigenvalue weighted by molar-refractivity contribution is -0.259. The third-order valence-corrected chi connectivity index (χ3v) is 2.89. The minimum atomic E-state index is -4.90. The van der Waals surface area contributed by atoms with E-state index in [4.69, 9.17) is 15.3 Å². The SMILES string of the molecule is CC(O)(c1ccc(O)cc1O)C(F)(F)F.Oc1cccc(O)c1. The highest BCUT2D eigenvalue weighted by molar-refractivity contribution is 5.42. The van der Waals surface area contributed by atoms with Crippen LogP contribution in [0.5, 0.6) is 23.0 Å². The number of phenols is 4. The number of rotatable bonds is 1. The molecule has 126 valence electrons. The molecule has 0 aliphatic heterocycles. The molecular formula is C15H15F3O5. The Balaban J connectivity index is 0.000000277. The average Bonchev–Trinajstić information content (AvgIpc) is 2.37. The first-order valence-corrected chi connectivity index (χ1v) is 6.24. The van der Waals surface area contributed by atoms with E-state index in [0.29, 0.717) is 6.92 Å². The minimum Gasteiger partial charge on any atom is -0.508 e. The van der Waals surface area contributed by atoms with Crippen LogP contribution in [0.15, 0.2) is 42.5 Å². The van der Waals surface area contributed by atoms with Crippen LogP contribution < -0.4 is 0 Å². The first-order chi connectivity index (χ1) is 10.4. The van der Waals surface area contributed by atoms with E-state index in [9.17, 15) is 23.4 Å². The second-order valence-corrected chi connectivity index (χ2v) is 4.79. The van der Waals surface area contributed by atoms with Crippen molar-refractivity contribution in [1.29, 1.82) is 0 Å². The number of halogens is 3. The summed E-state index contributed by atoms with van der Waals surface area (Å²) < 4.78 is 37.1. The first-order valence-electron chi connectivity index (χ1n) is 6.24. The van der Waals surface area contributed by atoms with Gasteiger partial charge in [-0.3, -0.25) is 0 Å². The number of alkyl halides is 3. The lowest BCUT2D eigenvalue weighted by atomic mass is 9.94. The Morgan fingerprint density at radius 3 is 1.61 bits per heavy atom. The maximum Gasteiger partial charge on any atom is 0.421 e. The smallest absolute Gasteiger partial charge is 0.421 e. The highest BCUT2D eigenvalue weighted by Gasteiger charge is 2.52. The van der Waals surface area contributed by atoms with E-state index in [-0.39, 0.29) is 17.2 Å². The van der Waals surface area contributed by atoms with E-state index >= 15 is 0 Å². The Bertz CT molecular complexity index is 651. The summed E-state index contributed by atoms with van der Waals surface area (Å²) >= 11 is 0. The van der Waals surface area contributed by atoms with Gasteiger partial charge in [0.1, 0.15) is 23.0 Å². The van der Waals surface area contributed by atoms with Crippen molar-refractivity contribution in [2.75, 3.05) is 0 Å². The summed E-state index contributed by atoms with van der Waals surface area (Å²) in [5.41, 5.74) is -3.85. The first kappa shape index (κ1) is 18.4. The predicted molar refractivity (Wildman–Crippen MR) is 75.2 cm³/mol. The molecule has 5 N–H and O–H groups in total. The largest absolute Gasteiger partial charge is 0.508 e. The number of hydrogen-bond acceptors (Lipinski definition) is 5. The monoisotopic (exact) mass is 332 g/mol. The highest BCUT2D eigenvalue weighted by Crippen LogP contribution is 2.42. The van der Waals surface area contributed by atoms with Gasteiger partial charge in [0, 0.05) is 17.7 Å². The minimum absolute atomic E-state index is 0.0880. The second kappa shape index (κ2) is 6.66. The summed E-state index contributed by atoms with van der Waals surface area (Å²) in [6, 6.07) is 8.35. The summed E-state index contributed by atoms with van der Waals surface area (Å²) in [4.78, 5) is 0. The van der Waals surface area contributed by atoms with Crippen molar-refractivity contribution in [3.63, 3.8) is 0 Å².